The zero-order valence-corrected chi connectivity index (χ0v) is 10.2. The lowest BCUT2D eigenvalue weighted by molar-refractivity contribution is -0.153. The first-order valence-corrected chi connectivity index (χ1v) is 5.76. The second kappa shape index (κ2) is 6.91. The highest BCUT2D eigenvalue weighted by Crippen LogP contribution is 2.19. The quantitative estimate of drug-likeness (QED) is 0.771. The van der Waals surface area contributed by atoms with Crippen LogP contribution in [0.25, 0.3) is 0 Å². The summed E-state index contributed by atoms with van der Waals surface area (Å²) < 4.78 is 10.1. The topological polar surface area (TPSA) is 55.8 Å². The van der Waals surface area contributed by atoms with Crippen LogP contribution in [0.1, 0.15) is 31.9 Å². The zero-order chi connectivity index (χ0) is 12.7. The van der Waals surface area contributed by atoms with Crippen LogP contribution in [0.4, 0.5) is 0 Å². The summed E-state index contributed by atoms with van der Waals surface area (Å²) in [6, 6.07) is 6.78. The molecule has 0 heterocycles. The van der Waals surface area contributed by atoms with Crippen LogP contribution in [0, 0.1) is 0 Å². The SMILES string of the molecule is CCCOc1ccc(C(O)C(=O)OCC)cc1. The third-order valence-corrected chi connectivity index (χ3v) is 2.18. The van der Waals surface area contributed by atoms with Gasteiger partial charge in [0, 0.05) is 0 Å². The number of aliphatic hydroxyl groups is 1. The van der Waals surface area contributed by atoms with E-state index in [0.29, 0.717) is 12.2 Å². The Morgan fingerprint density at radius 2 is 1.94 bits per heavy atom. The molecule has 17 heavy (non-hydrogen) atoms. The highest BCUT2D eigenvalue weighted by atomic mass is 16.5. The van der Waals surface area contributed by atoms with Gasteiger partial charge < -0.3 is 14.6 Å². The average Bonchev–Trinajstić information content (AvgIpc) is 2.36. The van der Waals surface area contributed by atoms with Gasteiger partial charge in [-0.15, -0.1) is 0 Å². The minimum absolute atomic E-state index is 0.258. The van der Waals surface area contributed by atoms with E-state index in [0.717, 1.165) is 12.2 Å². The van der Waals surface area contributed by atoms with Gasteiger partial charge in [0.2, 0.25) is 0 Å². The van der Waals surface area contributed by atoms with Crippen LogP contribution in [0.5, 0.6) is 5.75 Å². The molecule has 1 aromatic carbocycles. The van der Waals surface area contributed by atoms with Crippen LogP contribution < -0.4 is 4.74 Å². The predicted octanol–water partition coefficient (Wildman–Crippen LogP) is 2.07. The smallest absolute Gasteiger partial charge is 0.339 e. The van der Waals surface area contributed by atoms with E-state index < -0.39 is 12.1 Å². The molecule has 0 saturated heterocycles. The molecule has 1 atom stereocenters. The lowest BCUT2D eigenvalue weighted by atomic mass is 10.1. The Kier molecular flexibility index (Phi) is 5.49. The summed E-state index contributed by atoms with van der Waals surface area (Å²) >= 11 is 0. The molecule has 0 aliphatic carbocycles. The zero-order valence-electron chi connectivity index (χ0n) is 10.2. The highest BCUT2D eigenvalue weighted by molar-refractivity contribution is 5.76. The number of aliphatic hydroxyl groups excluding tert-OH is 1. The van der Waals surface area contributed by atoms with E-state index in [1.807, 2.05) is 6.92 Å². The third kappa shape index (κ3) is 4.07. The van der Waals surface area contributed by atoms with Crippen molar-refractivity contribution in [1.29, 1.82) is 0 Å². The van der Waals surface area contributed by atoms with Crippen LogP contribution in [-0.2, 0) is 9.53 Å². The Hall–Kier alpha value is -1.55. The normalized spacial score (nSPS) is 11.9. The Labute approximate surface area is 101 Å². The molecule has 1 aromatic rings. The van der Waals surface area contributed by atoms with Crippen LogP contribution in [-0.4, -0.2) is 24.3 Å². The maximum atomic E-state index is 11.3. The van der Waals surface area contributed by atoms with Crippen LogP contribution >= 0.6 is 0 Å². The Morgan fingerprint density at radius 3 is 2.47 bits per heavy atom. The van der Waals surface area contributed by atoms with Crippen molar-refractivity contribution in [3.63, 3.8) is 0 Å². The van der Waals surface area contributed by atoms with Crippen LogP contribution in [0.2, 0.25) is 0 Å². The second-order valence-corrected chi connectivity index (χ2v) is 3.57. The Morgan fingerprint density at radius 1 is 1.29 bits per heavy atom. The number of carbonyl (C=O) groups excluding carboxylic acids is 1. The van der Waals surface area contributed by atoms with Gasteiger partial charge in [-0.1, -0.05) is 19.1 Å². The van der Waals surface area contributed by atoms with E-state index in [-0.39, 0.29) is 6.61 Å². The van der Waals surface area contributed by atoms with Crippen molar-refractivity contribution in [2.24, 2.45) is 0 Å². The summed E-state index contributed by atoms with van der Waals surface area (Å²) in [4.78, 5) is 11.3. The maximum Gasteiger partial charge on any atom is 0.339 e. The third-order valence-electron chi connectivity index (χ3n) is 2.18. The maximum absolute atomic E-state index is 11.3. The number of benzene rings is 1. The summed E-state index contributed by atoms with van der Waals surface area (Å²) in [5, 5.41) is 9.67. The standard InChI is InChI=1S/C13H18O4/c1-3-9-17-11-7-5-10(6-8-11)12(14)13(15)16-4-2/h5-8,12,14H,3-4,9H2,1-2H3. The van der Waals surface area contributed by atoms with Gasteiger partial charge in [0.25, 0.3) is 0 Å². The number of hydrogen-bond donors (Lipinski definition) is 1. The van der Waals surface area contributed by atoms with Crippen molar-refractivity contribution in [3.8, 4) is 5.75 Å². The number of hydrogen-bond acceptors (Lipinski definition) is 4. The summed E-state index contributed by atoms with van der Waals surface area (Å²) in [7, 11) is 0. The Balaban J connectivity index is 2.63. The molecule has 1 rings (SSSR count). The summed E-state index contributed by atoms with van der Waals surface area (Å²) in [5.41, 5.74) is 0.507. The first-order valence-electron chi connectivity index (χ1n) is 5.76. The van der Waals surface area contributed by atoms with Crippen molar-refractivity contribution in [2.75, 3.05) is 13.2 Å². The van der Waals surface area contributed by atoms with E-state index in [1.54, 1.807) is 31.2 Å². The van der Waals surface area contributed by atoms with Crippen LogP contribution in [0.3, 0.4) is 0 Å². The molecule has 0 amide bonds. The van der Waals surface area contributed by atoms with E-state index in [1.165, 1.54) is 0 Å². The lowest BCUT2D eigenvalue weighted by Crippen LogP contribution is -2.15. The monoisotopic (exact) mass is 238 g/mol. The van der Waals surface area contributed by atoms with Gasteiger partial charge in [-0.2, -0.15) is 0 Å². The fourth-order valence-electron chi connectivity index (χ4n) is 1.32. The lowest BCUT2D eigenvalue weighted by Gasteiger charge is -2.10. The fourth-order valence-corrected chi connectivity index (χ4v) is 1.32. The predicted molar refractivity (Wildman–Crippen MR) is 63.8 cm³/mol. The van der Waals surface area contributed by atoms with Gasteiger partial charge in [-0.3, -0.25) is 0 Å². The van der Waals surface area contributed by atoms with Crippen molar-refractivity contribution in [2.45, 2.75) is 26.4 Å². The van der Waals surface area contributed by atoms with Gasteiger partial charge in [-0.05, 0) is 31.0 Å². The Bertz CT molecular complexity index is 345. The molecule has 4 heteroatoms. The molecule has 0 aromatic heterocycles. The van der Waals surface area contributed by atoms with Crippen molar-refractivity contribution < 1.29 is 19.4 Å². The van der Waals surface area contributed by atoms with E-state index in [2.05, 4.69) is 0 Å². The molecule has 1 unspecified atom stereocenters. The van der Waals surface area contributed by atoms with Gasteiger partial charge in [-0.25, -0.2) is 4.79 Å². The second-order valence-electron chi connectivity index (χ2n) is 3.57. The molecule has 94 valence electrons. The molecule has 1 N–H and O–H groups in total. The van der Waals surface area contributed by atoms with E-state index in [4.69, 9.17) is 9.47 Å². The minimum Gasteiger partial charge on any atom is -0.494 e. The van der Waals surface area contributed by atoms with Gasteiger partial charge in [0.1, 0.15) is 5.75 Å². The molecular formula is C13H18O4. The molecule has 0 saturated carbocycles. The largest absolute Gasteiger partial charge is 0.494 e. The molecule has 0 fully saturated rings. The fraction of sp³-hybridized carbons (Fsp3) is 0.462. The number of ether oxygens (including phenoxy) is 2. The van der Waals surface area contributed by atoms with E-state index >= 15 is 0 Å². The van der Waals surface area contributed by atoms with Crippen molar-refractivity contribution in [1.82, 2.24) is 0 Å². The molecule has 4 nitrogen and oxygen atoms in total. The number of rotatable bonds is 6. The first kappa shape index (κ1) is 13.5. The summed E-state index contributed by atoms with van der Waals surface area (Å²) in [5.74, 6) is 0.0985. The molecule has 0 bridgehead atoms. The van der Waals surface area contributed by atoms with E-state index in [9.17, 15) is 9.90 Å². The number of esters is 1. The first-order chi connectivity index (χ1) is 8.19. The minimum atomic E-state index is -1.23. The molecule has 0 spiro atoms. The average molecular weight is 238 g/mol. The summed E-state index contributed by atoms with van der Waals surface area (Å²) in [6.07, 6.45) is -0.289. The number of carbonyl (C=O) groups is 1. The van der Waals surface area contributed by atoms with Gasteiger partial charge in [0.15, 0.2) is 6.10 Å². The van der Waals surface area contributed by atoms with Gasteiger partial charge >= 0.3 is 5.97 Å². The molecular weight excluding hydrogens is 220 g/mol. The van der Waals surface area contributed by atoms with Gasteiger partial charge in [0.05, 0.1) is 13.2 Å². The van der Waals surface area contributed by atoms with Crippen molar-refractivity contribution in [3.05, 3.63) is 29.8 Å². The summed E-state index contributed by atoms with van der Waals surface area (Å²) in [6.45, 7) is 4.64. The highest BCUT2D eigenvalue weighted by Gasteiger charge is 2.18. The molecule has 0 aliphatic heterocycles. The molecule has 0 radical (unpaired) electrons. The molecule has 0 aliphatic rings. The van der Waals surface area contributed by atoms with Crippen LogP contribution in [0.15, 0.2) is 24.3 Å². The van der Waals surface area contributed by atoms with Crippen molar-refractivity contribution >= 4 is 5.97 Å².